The number of aliphatic carboxylic acids is 3. The molecule has 16 N–H and O–H groups in total. The van der Waals surface area contributed by atoms with Gasteiger partial charge in [-0.25, -0.2) is 24.4 Å². The number of H-pyrrole nitrogens is 3. The van der Waals surface area contributed by atoms with Crippen LogP contribution in [0.25, 0.3) is 43.7 Å². The average Bonchev–Trinajstić information content (AvgIpc) is 1.61. The van der Waals surface area contributed by atoms with Crippen LogP contribution in [0.4, 0.5) is 27.8 Å². The molecule has 5 aromatic carbocycles. The lowest BCUT2D eigenvalue weighted by Gasteiger charge is -2.22. The van der Waals surface area contributed by atoms with Crippen LogP contribution in [0.5, 0.6) is 5.75 Å². The number of carboxylic acid groups (broad SMARTS) is 3. The number of hydrogen-bond acceptors (Lipinski definition) is 21. The lowest BCUT2D eigenvalue weighted by atomic mass is 9.95. The number of carboxylic acids is 3. The third kappa shape index (κ3) is 17.0. The monoisotopic (exact) mass is 1380 g/mol. The number of carbonyl (C=O) groups excluding carboxylic acids is 7. The fourth-order valence-electron chi connectivity index (χ4n) is 10.4. The van der Waals surface area contributed by atoms with E-state index in [2.05, 4.69) is 61.8 Å². The first-order valence-electron chi connectivity index (χ1n) is 29.6. The van der Waals surface area contributed by atoms with Crippen molar-refractivity contribution in [2.75, 3.05) is 58.3 Å². The largest absolute Gasteiger partial charge is 0.513 e. The Balaban J connectivity index is 0.654. The first-order valence-corrected chi connectivity index (χ1v) is 32.6. The van der Waals surface area contributed by atoms with E-state index in [0.717, 1.165) is 38.1 Å². The van der Waals surface area contributed by atoms with Crippen molar-refractivity contribution in [3.05, 3.63) is 154 Å². The van der Waals surface area contributed by atoms with Crippen molar-refractivity contribution in [2.45, 2.75) is 55.9 Å². The summed E-state index contributed by atoms with van der Waals surface area (Å²) in [6, 6.07) is 24.2. The lowest BCUT2D eigenvalue weighted by molar-refractivity contribution is -0.143. The molecular formula is C63H60ClN15O16S2. The number of benzene rings is 5. The number of carbonyl (C=O) groups is 10. The Morgan fingerprint density at radius 2 is 1.44 bits per heavy atom. The van der Waals surface area contributed by atoms with E-state index in [-0.39, 0.29) is 83.0 Å². The van der Waals surface area contributed by atoms with E-state index in [1.54, 1.807) is 59.5 Å². The van der Waals surface area contributed by atoms with E-state index in [0.29, 0.717) is 50.1 Å². The molecule has 10 rings (SSSR count). The summed E-state index contributed by atoms with van der Waals surface area (Å²) in [4.78, 5) is 164. The van der Waals surface area contributed by atoms with Crippen LogP contribution in [-0.4, -0.2) is 166 Å². The molecular weight excluding hydrogens is 1320 g/mol. The SMILES string of the molecule is Nc1nc2ncc(CNc3ccc(C(=O)N[C@H](CCC(=O)NC[C@H](N)C(=O)N[C@@H](CC(=O)O)C(=O)N[C@@H](CSSCCOC(=O)Oc4cc5c(c6ccccc46)[C@@H](CCl)CN5C(=O)c4cc5cc(NC(=O)c6cc7ccccc7[nH]6)ccc5[nH]4)C(=O)O)C(=O)O)cc3)nc2c(=O)[nH]1. The molecule has 1 aliphatic heterocycles. The molecule has 0 saturated heterocycles. The Morgan fingerprint density at radius 3 is 2.19 bits per heavy atom. The van der Waals surface area contributed by atoms with E-state index in [4.69, 9.17) is 32.5 Å². The van der Waals surface area contributed by atoms with Crippen molar-refractivity contribution in [3.63, 3.8) is 0 Å². The first kappa shape index (κ1) is 68.6. The summed E-state index contributed by atoms with van der Waals surface area (Å²) in [6.07, 6.45) is -1.55. The second-order valence-electron chi connectivity index (χ2n) is 21.9. The van der Waals surface area contributed by atoms with Crippen LogP contribution in [0.3, 0.4) is 0 Å². The van der Waals surface area contributed by atoms with Gasteiger partial charge in [0.2, 0.25) is 23.7 Å². The van der Waals surface area contributed by atoms with E-state index in [9.17, 15) is 68.1 Å². The van der Waals surface area contributed by atoms with Gasteiger partial charge in [0.25, 0.3) is 23.3 Å². The zero-order chi connectivity index (χ0) is 69.0. The maximum absolute atomic E-state index is 14.4. The van der Waals surface area contributed by atoms with Gasteiger partial charge in [-0.2, -0.15) is 4.98 Å². The maximum atomic E-state index is 14.4. The molecule has 0 fully saturated rings. The topological polar surface area (TPSA) is 480 Å². The Labute approximate surface area is 560 Å². The van der Waals surface area contributed by atoms with Crippen molar-refractivity contribution in [1.82, 2.24) is 51.2 Å². The molecule has 0 aliphatic carbocycles. The van der Waals surface area contributed by atoms with Crippen LogP contribution in [0.2, 0.25) is 0 Å². The van der Waals surface area contributed by atoms with Crippen molar-refractivity contribution in [2.24, 2.45) is 5.73 Å². The summed E-state index contributed by atoms with van der Waals surface area (Å²) in [5.74, 6) is -9.44. The average molecular weight is 1380 g/mol. The minimum absolute atomic E-state index is 0.0116. The van der Waals surface area contributed by atoms with Crippen LogP contribution in [0, 0.1) is 0 Å². The van der Waals surface area contributed by atoms with Gasteiger partial charge in [-0.05, 0) is 78.0 Å². The van der Waals surface area contributed by atoms with Crippen LogP contribution < -0.4 is 58.6 Å². The van der Waals surface area contributed by atoms with Gasteiger partial charge < -0.3 is 83.0 Å². The Kier molecular flexibility index (Phi) is 21.8. The highest BCUT2D eigenvalue weighted by molar-refractivity contribution is 8.76. The number of fused-ring (bicyclic) bond motifs is 6. The predicted octanol–water partition coefficient (Wildman–Crippen LogP) is 4.79. The van der Waals surface area contributed by atoms with Crippen molar-refractivity contribution in [3.8, 4) is 5.75 Å². The van der Waals surface area contributed by atoms with Crippen molar-refractivity contribution < 1.29 is 72.7 Å². The number of nitrogen functional groups attached to an aromatic ring is 1. The number of alkyl halides is 1. The minimum atomic E-state index is -1.84. The fourth-order valence-corrected chi connectivity index (χ4v) is 12.6. The van der Waals surface area contributed by atoms with E-state index in [1.165, 1.54) is 30.5 Å². The van der Waals surface area contributed by atoms with Gasteiger partial charge in [-0.1, -0.05) is 64.1 Å². The number of ether oxygens (including phenoxy) is 2. The Bertz CT molecular complexity index is 4600. The molecule has 0 radical (unpaired) electrons. The van der Waals surface area contributed by atoms with Crippen molar-refractivity contribution in [1.29, 1.82) is 0 Å². The number of para-hydroxylation sites is 1. The molecule has 97 heavy (non-hydrogen) atoms. The number of hydrogen-bond donors (Lipinski definition) is 14. The van der Waals surface area contributed by atoms with Crippen LogP contribution in [0.1, 0.15) is 67.8 Å². The number of amides is 6. The molecule has 0 bridgehead atoms. The standard InChI is InChI=1S/C63H60ClN15O16S2/c64-24-33-28-79(59(88)45-21-32-19-35(13-14-41(32)73-45)71-56(85)43-20-31-5-1-4-8-40(31)72-43)47-23-48(37-6-2-3-7-38(37)51(33)47)95-63(93)94-17-18-96-97-29-46(61(91)92)76-57(86)44(22-50(81)82)75-55(84)39(65)27-68-49(80)16-15-42(60(89)90)74-54(83)30-9-11-34(12-10-30)67-25-36-26-69-53-52(70-36)58(87)78-62(66)77-53/h1-14,19-21,23,26,33,39,42,44,46,67,72-73H,15-18,22,24-25,27-29,65H2,(H,68,80)(H,71,85)(H,74,83)(H,75,84)(H,76,86)(H,81,82)(H,89,90)(H,91,92)(H3,66,69,77,78,87)/t33-,39-,42+,44-,46-/m0/s1. The highest BCUT2D eigenvalue weighted by Crippen LogP contribution is 2.46. The molecule has 502 valence electrons. The molecule has 1 aliphatic rings. The number of anilines is 4. The normalized spacial score (nSPS) is 13.8. The molecule has 5 atom stereocenters. The Hall–Kier alpha value is -11.3. The van der Waals surface area contributed by atoms with Gasteiger partial charge in [0.05, 0.1) is 30.5 Å². The van der Waals surface area contributed by atoms with Crippen LogP contribution in [0.15, 0.2) is 120 Å². The number of halogens is 1. The molecule has 5 heterocycles. The molecule has 0 spiro atoms. The predicted molar refractivity (Wildman–Crippen MR) is 360 cm³/mol. The second-order valence-corrected chi connectivity index (χ2v) is 24.9. The van der Waals surface area contributed by atoms with Gasteiger partial charge >= 0.3 is 24.1 Å². The van der Waals surface area contributed by atoms with Gasteiger partial charge in [-0.3, -0.25) is 43.3 Å². The number of aromatic nitrogens is 6. The van der Waals surface area contributed by atoms with E-state index >= 15 is 0 Å². The highest BCUT2D eigenvalue weighted by atomic mass is 35.5. The summed E-state index contributed by atoms with van der Waals surface area (Å²) in [5.41, 5.74) is 15.8. The molecule has 9 aromatic rings. The summed E-state index contributed by atoms with van der Waals surface area (Å²) >= 11 is 6.53. The molecule has 34 heteroatoms. The summed E-state index contributed by atoms with van der Waals surface area (Å²) in [5, 5.41) is 47.1. The molecule has 4 aromatic heterocycles. The zero-order valence-electron chi connectivity index (χ0n) is 50.7. The van der Waals surface area contributed by atoms with E-state index in [1.807, 2.05) is 30.3 Å². The smallest absolute Gasteiger partial charge is 0.481 e. The maximum Gasteiger partial charge on any atom is 0.513 e. The second kappa shape index (κ2) is 30.9. The van der Waals surface area contributed by atoms with Gasteiger partial charge in [0.15, 0.2) is 11.2 Å². The van der Waals surface area contributed by atoms with Crippen LogP contribution >= 0.6 is 33.2 Å². The van der Waals surface area contributed by atoms with Gasteiger partial charge in [-0.15, -0.1) is 11.6 Å². The number of aromatic amines is 3. The number of nitrogens with zero attached hydrogens (tertiary/aromatic N) is 4. The summed E-state index contributed by atoms with van der Waals surface area (Å²) in [7, 11) is 2.03. The first-order chi connectivity index (χ1) is 46.6. The number of nitrogens with two attached hydrogens (primary N) is 2. The molecule has 6 amide bonds. The third-order valence-electron chi connectivity index (χ3n) is 15.2. The summed E-state index contributed by atoms with van der Waals surface area (Å²) in [6.45, 7) is -0.457. The number of rotatable bonds is 29. The summed E-state index contributed by atoms with van der Waals surface area (Å²) < 4.78 is 11.1. The zero-order valence-corrected chi connectivity index (χ0v) is 53.1. The Morgan fingerprint density at radius 1 is 0.742 bits per heavy atom. The molecule has 0 saturated carbocycles. The molecule has 31 nitrogen and oxygen atoms in total. The lowest BCUT2D eigenvalue weighted by Crippen LogP contribution is -2.57. The van der Waals surface area contributed by atoms with Crippen LogP contribution in [-0.2, 0) is 40.0 Å². The van der Waals surface area contributed by atoms with E-state index < -0.39 is 109 Å². The number of nitrogens with one attached hydrogen (secondary N) is 9. The quantitative estimate of drug-likeness (QED) is 0.00985. The minimum Gasteiger partial charge on any atom is -0.481 e. The van der Waals surface area contributed by atoms with Gasteiger partial charge in [0.1, 0.15) is 47.9 Å². The fraction of sp³-hybridized carbons (Fsp3) is 0.238. The van der Waals surface area contributed by atoms with Gasteiger partial charge in [0, 0.05) is 93.0 Å². The highest BCUT2D eigenvalue weighted by Gasteiger charge is 2.37. The molecule has 0 unspecified atom stereocenters. The van der Waals surface area contributed by atoms with Crippen molar-refractivity contribution >= 4 is 159 Å². The third-order valence-corrected chi connectivity index (χ3v) is 17.9.